The third kappa shape index (κ3) is 2.66. The minimum absolute atomic E-state index is 0.253. The van der Waals surface area contributed by atoms with Gasteiger partial charge in [0.15, 0.2) is 0 Å². The fraction of sp³-hybridized carbons (Fsp3) is 1.00. The maximum absolute atomic E-state index is 6.10. The summed E-state index contributed by atoms with van der Waals surface area (Å²) in [6.45, 7) is 5.35. The molecule has 0 aromatic carbocycles. The Morgan fingerprint density at radius 3 is 2.05 bits per heavy atom. The summed E-state index contributed by atoms with van der Waals surface area (Å²) in [6, 6.07) is 0. The fourth-order valence-corrected chi connectivity index (χ4v) is 5.97. The van der Waals surface area contributed by atoms with Gasteiger partial charge in [-0.05, 0) is 75.0 Å². The highest BCUT2D eigenvalue weighted by Gasteiger charge is 2.55. The second-order valence-corrected chi connectivity index (χ2v) is 7.87. The molecule has 0 saturated heterocycles. The van der Waals surface area contributed by atoms with Gasteiger partial charge in [-0.25, -0.2) is 0 Å². The highest BCUT2D eigenvalue weighted by atomic mass is 16.5. The molecule has 2 heteroatoms. The normalized spacial score (nSPS) is 41.9. The van der Waals surface area contributed by atoms with E-state index >= 15 is 0 Å². The van der Waals surface area contributed by atoms with Gasteiger partial charge in [-0.2, -0.15) is 0 Å². The van der Waals surface area contributed by atoms with Gasteiger partial charge in [0.1, 0.15) is 0 Å². The van der Waals surface area contributed by atoms with Crippen LogP contribution in [0.15, 0.2) is 0 Å². The standard InChI is InChI=1S/C18H32O2/c1-4-5-6-20-13(2)17(19-3)18-10-14-7-15(11-18)9-16(8-14)12-18/h13-17H,4-12H2,1-3H3/t13-,14?,15?,16?,17-,18?/m0/s1. The van der Waals surface area contributed by atoms with Gasteiger partial charge in [-0.3, -0.25) is 0 Å². The Bertz CT molecular complexity index is 290. The van der Waals surface area contributed by atoms with Crippen molar-refractivity contribution in [3.05, 3.63) is 0 Å². The first-order valence-corrected chi connectivity index (χ1v) is 8.81. The van der Waals surface area contributed by atoms with Crippen molar-refractivity contribution in [3.63, 3.8) is 0 Å². The van der Waals surface area contributed by atoms with Gasteiger partial charge >= 0.3 is 0 Å². The monoisotopic (exact) mass is 280 g/mol. The smallest absolute Gasteiger partial charge is 0.0886 e. The quantitative estimate of drug-likeness (QED) is 0.643. The molecular formula is C18H32O2. The minimum atomic E-state index is 0.253. The number of hydrogen-bond acceptors (Lipinski definition) is 2. The van der Waals surface area contributed by atoms with Crippen LogP contribution in [0.5, 0.6) is 0 Å². The predicted molar refractivity (Wildman–Crippen MR) is 81.7 cm³/mol. The van der Waals surface area contributed by atoms with Crippen molar-refractivity contribution in [3.8, 4) is 0 Å². The Morgan fingerprint density at radius 1 is 1.05 bits per heavy atom. The van der Waals surface area contributed by atoms with Gasteiger partial charge in [0.05, 0.1) is 12.2 Å². The lowest BCUT2D eigenvalue weighted by molar-refractivity contribution is -0.173. The van der Waals surface area contributed by atoms with E-state index < -0.39 is 0 Å². The van der Waals surface area contributed by atoms with Crippen molar-refractivity contribution in [2.24, 2.45) is 23.2 Å². The topological polar surface area (TPSA) is 18.5 Å². The molecule has 2 atom stereocenters. The van der Waals surface area contributed by atoms with Crippen molar-refractivity contribution in [1.29, 1.82) is 0 Å². The zero-order valence-corrected chi connectivity index (χ0v) is 13.6. The van der Waals surface area contributed by atoms with E-state index in [1.165, 1.54) is 51.4 Å². The van der Waals surface area contributed by atoms with Gasteiger partial charge in [0.2, 0.25) is 0 Å². The molecule has 0 unspecified atom stereocenters. The zero-order chi connectivity index (χ0) is 14.2. The molecule has 0 heterocycles. The predicted octanol–water partition coefficient (Wildman–Crippen LogP) is 4.42. The van der Waals surface area contributed by atoms with Crippen LogP contribution < -0.4 is 0 Å². The molecule has 4 aliphatic rings. The molecule has 4 aliphatic carbocycles. The lowest BCUT2D eigenvalue weighted by atomic mass is 9.47. The Balaban J connectivity index is 1.68. The summed E-state index contributed by atoms with van der Waals surface area (Å²) in [4.78, 5) is 0. The lowest BCUT2D eigenvalue weighted by Gasteiger charge is -2.59. The van der Waals surface area contributed by atoms with Crippen LogP contribution in [0.3, 0.4) is 0 Å². The van der Waals surface area contributed by atoms with Crippen molar-refractivity contribution in [1.82, 2.24) is 0 Å². The van der Waals surface area contributed by atoms with E-state index in [-0.39, 0.29) is 6.10 Å². The summed E-state index contributed by atoms with van der Waals surface area (Å²) in [5.74, 6) is 2.96. The summed E-state index contributed by atoms with van der Waals surface area (Å²) >= 11 is 0. The largest absolute Gasteiger partial charge is 0.378 e. The van der Waals surface area contributed by atoms with E-state index in [9.17, 15) is 0 Å². The third-order valence-corrected chi connectivity index (χ3v) is 6.25. The molecule has 4 fully saturated rings. The molecule has 116 valence electrons. The Labute approximate surface area is 124 Å². The van der Waals surface area contributed by atoms with E-state index in [1.54, 1.807) is 0 Å². The van der Waals surface area contributed by atoms with E-state index in [0.29, 0.717) is 11.5 Å². The fourth-order valence-electron chi connectivity index (χ4n) is 5.97. The number of unbranched alkanes of at least 4 members (excludes halogenated alkanes) is 1. The zero-order valence-electron chi connectivity index (χ0n) is 13.6. The number of ether oxygens (including phenoxy) is 2. The highest BCUT2D eigenvalue weighted by Crippen LogP contribution is 2.62. The van der Waals surface area contributed by atoms with Crippen molar-refractivity contribution < 1.29 is 9.47 Å². The van der Waals surface area contributed by atoms with Crippen LogP contribution in [0.4, 0.5) is 0 Å². The first kappa shape index (κ1) is 14.8. The summed E-state index contributed by atoms with van der Waals surface area (Å²) in [5.41, 5.74) is 0.440. The molecule has 2 nitrogen and oxygen atoms in total. The van der Waals surface area contributed by atoms with Crippen LogP contribution in [-0.2, 0) is 9.47 Å². The minimum Gasteiger partial charge on any atom is -0.378 e. The van der Waals surface area contributed by atoms with Gasteiger partial charge < -0.3 is 9.47 Å². The molecule has 0 aromatic heterocycles. The second-order valence-electron chi connectivity index (χ2n) is 7.87. The first-order valence-electron chi connectivity index (χ1n) is 8.81. The average molecular weight is 280 g/mol. The van der Waals surface area contributed by atoms with Crippen LogP contribution in [0, 0.1) is 23.2 Å². The van der Waals surface area contributed by atoms with Crippen molar-refractivity contribution in [2.75, 3.05) is 13.7 Å². The van der Waals surface area contributed by atoms with Crippen LogP contribution in [0.1, 0.15) is 65.2 Å². The Kier molecular flexibility index (Phi) is 4.42. The average Bonchev–Trinajstić information content (AvgIpc) is 2.37. The van der Waals surface area contributed by atoms with Crippen molar-refractivity contribution >= 4 is 0 Å². The first-order chi connectivity index (χ1) is 9.66. The lowest BCUT2D eigenvalue weighted by Crippen LogP contribution is -2.55. The van der Waals surface area contributed by atoms with Crippen LogP contribution in [0.25, 0.3) is 0 Å². The van der Waals surface area contributed by atoms with Gasteiger partial charge in [-0.1, -0.05) is 13.3 Å². The number of hydrogen-bond donors (Lipinski definition) is 0. The van der Waals surface area contributed by atoms with Crippen LogP contribution in [0.2, 0.25) is 0 Å². The maximum atomic E-state index is 6.10. The molecule has 0 aliphatic heterocycles. The summed E-state index contributed by atoms with van der Waals surface area (Å²) in [7, 11) is 1.91. The Morgan fingerprint density at radius 2 is 1.60 bits per heavy atom. The highest BCUT2D eigenvalue weighted by molar-refractivity contribution is 5.05. The van der Waals surface area contributed by atoms with E-state index in [4.69, 9.17) is 9.47 Å². The van der Waals surface area contributed by atoms with Crippen LogP contribution >= 0.6 is 0 Å². The maximum Gasteiger partial charge on any atom is 0.0886 e. The van der Waals surface area contributed by atoms with Gasteiger partial charge in [0.25, 0.3) is 0 Å². The molecular weight excluding hydrogens is 248 g/mol. The van der Waals surface area contributed by atoms with E-state index in [0.717, 1.165) is 24.4 Å². The summed E-state index contributed by atoms with van der Waals surface area (Å²) < 4.78 is 12.1. The van der Waals surface area contributed by atoms with Crippen LogP contribution in [-0.4, -0.2) is 25.9 Å². The summed E-state index contributed by atoms with van der Waals surface area (Å²) in [5, 5.41) is 0. The molecule has 4 rings (SSSR count). The molecule has 4 saturated carbocycles. The molecule has 0 amide bonds. The SMILES string of the molecule is CCCCO[C@@H](C)[C@H](OC)C12CC3CC(CC(C3)C1)C2. The summed E-state index contributed by atoms with van der Waals surface area (Å²) in [6.07, 6.45) is 11.7. The Hall–Kier alpha value is -0.0800. The van der Waals surface area contributed by atoms with E-state index in [2.05, 4.69) is 13.8 Å². The molecule has 20 heavy (non-hydrogen) atoms. The van der Waals surface area contributed by atoms with Gasteiger partial charge in [0, 0.05) is 13.7 Å². The molecule has 4 bridgehead atoms. The number of methoxy groups -OCH3 is 1. The van der Waals surface area contributed by atoms with E-state index in [1.807, 2.05) is 7.11 Å². The third-order valence-electron chi connectivity index (χ3n) is 6.25. The van der Waals surface area contributed by atoms with Gasteiger partial charge in [-0.15, -0.1) is 0 Å². The molecule has 0 aromatic rings. The number of rotatable bonds is 7. The molecule has 0 N–H and O–H groups in total. The molecule has 0 radical (unpaired) electrons. The van der Waals surface area contributed by atoms with Crippen molar-refractivity contribution in [2.45, 2.75) is 77.4 Å². The molecule has 0 spiro atoms. The second kappa shape index (κ2) is 5.96.